The van der Waals surface area contributed by atoms with Gasteiger partial charge in [-0.15, -0.1) is 0 Å². The molecule has 0 unspecified atom stereocenters. The number of fused-ring (bicyclic) bond motifs is 5. The molecule has 7 aromatic rings. The summed E-state index contributed by atoms with van der Waals surface area (Å²) in [5, 5.41) is 10.4. The van der Waals surface area contributed by atoms with E-state index >= 15 is 0 Å². The SMILES string of the molecule is Cc1ccc(-c2c3ccccc3c(-c3cccc4c3ccc3ccccc34)c3ccccc23)cc1C. The standard InChI is InChI=1S/C36H26/c1-23-18-19-26(22-24(23)2)35-31-12-5-7-14-33(31)36(34-15-8-6-13-32(34)35)30-17-9-16-28-27-11-4-3-10-25(27)20-21-29(28)30/h3-22H,1-2H3. The molecule has 0 bridgehead atoms. The van der Waals surface area contributed by atoms with Crippen LogP contribution in [0.15, 0.2) is 121 Å². The predicted molar refractivity (Wildman–Crippen MR) is 157 cm³/mol. The summed E-state index contributed by atoms with van der Waals surface area (Å²) in [5.41, 5.74) is 7.85. The molecule has 0 fully saturated rings. The quantitative estimate of drug-likeness (QED) is 0.178. The van der Waals surface area contributed by atoms with Crippen molar-refractivity contribution in [2.45, 2.75) is 13.8 Å². The molecule has 0 nitrogen and oxygen atoms in total. The molecule has 7 aromatic carbocycles. The Bertz CT molecular complexity index is 1900. The lowest BCUT2D eigenvalue weighted by Crippen LogP contribution is -1.92. The molecule has 36 heavy (non-hydrogen) atoms. The second-order valence-electron chi connectivity index (χ2n) is 9.83. The van der Waals surface area contributed by atoms with E-state index in [2.05, 4.69) is 135 Å². The molecule has 0 heteroatoms. The van der Waals surface area contributed by atoms with Gasteiger partial charge >= 0.3 is 0 Å². The molecule has 0 radical (unpaired) electrons. The van der Waals surface area contributed by atoms with Gasteiger partial charge < -0.3 is 0 Å². The van der Waals surface area contributed by atoms with Crippen LogP contribution in [0.5, 0.6) is 0 Å². The second kappa shape index (κ2) is 8.07. The molecular weight excluding hydrogens is 432 g/mol. The van der Waals surface area contributed by atoms with Crippen LogP contribution >= 0.6 is 0 Å². The summed E-state index contributed by atoms with van der Waals surface area (Å²) in [6.07, 6.45) is 0. The first-order valence-electron chi connectivity index (χ1n) is 12.6. The van der Waals surface area contributed by atoms with Crippen LogP contribution in [0.3, 0.4) is 0 Å². The third-order valence-electron chi connectivity index (χ3n) is 7.78. The normalized spacial score (nSPS) is 11.6. The first-order valence-corrected chi connectivity index (χ1v) is 12.6. The van der Waals surface area contributed by atoms with Crippen molar-refractivity contribution in [1.82, 2.24) is 0 Å². The first-order chi connectivity index (χ1) is 17.7. The molecule has 0 spiro atoms. The summed E-state index contributed by atoms with van der Waals surface area (Å²) < 4.78 is 0. The monoisotopic (exact) mass is 458 g/mol. The van der Waals surface area contributed by atoms with E-state index in [1.807, 2.05) is 0 Å². The van der Waals surface area contributed by atoms with Gasteiger partial charge in [0.2, 0.25) is 0 Å². The van der Waals surface area contributed by atoms with Gasteiger partial charge in [-0.1, -0.05) is 121 Å². The van der Waals surface area contributed by atoms with Crippen LogP contribution in [0.2, 0.25) is 0 Å². The number of aryl methyl sites for hydroxylation is 2. The van der Waals surface area contributed by atoms with Gasteiger partial charge in [0.15, 0.2) is 0 Å². The molecule has 0 aliphatic rings. The molecule has 0 aliphatic carbocycles. The van der Waals surface area contributed by atoms with Crippen molar-refractivity contribution in [3.05, 3.63) is 132 Å². The maximum Gasteiger partial charge on any atom is -0.00201 e. The highest BCUT2D eigenvalue weighted by atomic mass is 14.2. The molecule has 0 atom stereocenters. The van der Waals surface area contributed by atoms with Crippen molar-refractivity contribution < 1.29 is 0 Å². The average Bonchev–Trinajstić information content (AvgIpc) is 2.93. The van der Waals surface area contributed by atoms with Gasteiger partial charge in [0, 0.05) is 0 Å². The van der Waals surface area contributed by atoms with Crippen molar-refractivity contribution in [1.29, 1.82) is 0 Å². The van der Waals surface area contributed by atoms with Gasteiger partial charge in [0.1, 0.15) is 0 Å². The van der Waals surface area contributed by atoms with Gasteiger partial charge in [-0.05, 0) is 90.3 Å². The van der Waals surface area contributed by atoms with Crippen molar-refractivity contribution in [2.24, 2.45) is 0 Å². The average molecular weight is 459 g/mol. The largest absolute Gasteiger partial charge is 0.0616 e. The van der Waals surface area contributed by atoms with Crippen LogP contribution in [0, 0.1) is 13.8 Å². The van der Waals surface area contributed by atoms with E-state index in [0.717, 1.165) is 0 Å². The van der Waals surface area contributed by atoms with Gasteiger partial charge in [-0.25, -0.2) is 0 Å². The molecule has 0 saturated carbocycles. The Kier molecular flexibility index (Phi) is 4.69. The Labute approximate surface area is 211 Å². The fourth-order valence-corrected chi connectivity index (χ4v) is 5.88. The predicted octanol–water partition coefficient (Wildman–Crippen LogP) is 10.3. The molecular formula is C36H26. The summed E-state index contributed by atoms with van der Waals surface area (Å²) in [5.74, 6) is 0. The smallest absolute Gasteiger partial charge is 0.00201 e. The fraction of sp³-hybridized carbons (Fsp3) is 0.0556. The van der Waals surface area contributed by atoms with Crippen LogP contribution < -0.4 is 0 Å². The number of hydrogen-bond acceptors (Lipinski definition) is 0. The highest BCUT2D eigenvalue weighted by molar-refractivity contribution is 6.24. The van der Waals surface area contributed by atoms with Crippen LogP contribution in [0.1, 0.15) is 11.1 Å². The Balaban J connectivity index is 1.65. The summed E-state index contributed by atoms with van der Waals surface area (Å²) in [6, 6.07) is 44.7. The number of benzene rings is 7. The molecule has 170 valence electrons. The Morgan fingerprint density at radius 2 is 0.944 bits per heavy atom. The van der Waals surface area contributed by atoms with Crippen LogP contribution in [-0.4, -0.2) is 0 Å². The van der Waals surface area contributed by atoms with Gasteiger partial charge in [0.05, 0.1) is 0 Å². The number of rotatable bonds is 2. The minimum Gasteiger partial charge on any atom is -0.0616 e. The lowest BCUT2D eigenvalue weighted by Gasteiger charge is -2.19. The minimum absolute atomic E-state index is 1.28. The molecule has 0 aliphatic heterocycles. The van der Waals surface area contributed by atoms with Crippen molar-refractivity contribution in [3.63, 3.8) is 0 Å². The van der Waals surface area contributed by atoms with E-state index in [4.69, 9.17) is 0 Å². The third kappa shape index (κ3) is 3.08. The zero-order valence-corrected chi connectivity index (χ0v) is 20.5. The molecule has 7 rings (SSSR count). The fourth-order valence-electron chi connectivity index (χ4n) is 5.88. The molecule has 0 heterocycles. The molecule has 0 N–H and O–H groups in total. The minimum atomic E-state index is 1.28. The van der Waals surface area contributed by atoms with Crippen LogP contribution in [0.4, 0.5) is 0 Å². The first kappa shape index (κ1) is 20.9. The van der Waals surface area contributed by atoms with Crippen LogP contribution in [0.25, 0.3) is 65.3 Å². The number of hydrogen-bond donors (Lipinski definition) is 0. The Morgan fingerprint density at radius 1 is 0.361 bits per heavy atom. The summed E-state index contributed by atoms with van der Waals surface area (Å²) in [7, 11) is 0. The zero-order chi connectivity index (χ0) is 24.2. The zero-order valence-electron chi connectivity index (χ0n) is 20.5. The van der Waals surface area contributed by atoms with E-state index in [-0.39, 0.29) is 0 Å². The molecule has 0 saturated heterocycles. The van der Waals surface area contributed by atoms with E-state index in [9.17, 15) is 0 Å². The topological polar surface area (TPSA) is 0 Å². The van der Waals surface area contributed by atoms with Crippen molar-refractivity contribution in [3.8, 4) is 22.3 Å². The maximum atomic E-state index is 2.34. The van der Waals surface area contributed by atoms with Gasteiger partial charge in [0.25, 0.3) is 0 Å². The van der Waals surface area contributed by atoms with E-state index in [1.165, 1.54) is 76.5 Å². The van der Waals surface area contributed by atoms with E-state index in [0.29, 0.717) is 0 Å². The molecule has 0 aromatic heterocycles. The third-order valence-corrected chi connectivity index (χ3v) is 7.78. The van der Waals surface area contributed by atoms with E-state index < -0.39 is 0 Å². The van der Waals surface area contributed by atoms with Gasteiger partial charge in [-0.2, -0.15) is 0 Å². The highest BCUT2D eigenvalue weighted by Crippen LogP contribution is 2.45. The molecule has 0 amide bonds. The highest BCUT2D eigenvalue weighted by Gasteiger charge is 2.18. The van der Waals surface area contributed by atoms with Crippen LogP contribution in [-0.2, 0) is 0 Å². The van der Waals surface area contributed by atoms with Gasteiger partial charge in [-0.3, -0.25) is 0 Å². The Hall–Kier alpha value is -4.42. The second-order valence-corrected chi connectivity index (χ2v) is 9.83. The summed E-state index contributed by atoms with van der Waals surface area (Å²) >= 11 is 0. The Morgan fingerprint density at radius 3 is 1.61 bits per heavy atom. The van der Waals surface area contributed by atoms with Crippen molar-refractivity contribution >= 4 is 43.1 Å². The summed E-state index contributed by atoms with van der Waals surface area (Å²) in [4.78, 5) is 0. The lowest BCUT2D eigenvalue weighted by atomic mass is 9.84. The summed E-state index contributed by atoms with van der Waals surface area (Å²) in [6.45, 7) is 4.39. The maximum absolute atomic E-state index is 2.34. The van der Waals surface area contributed by atoms with Crippen molar-refractivity contribution in [2.75, 3.05) is 0 Å². The van der Waals surface area contributed by atoms with E-state index in [1.54, 1.807) is 0 Å². The lowest BCUT2D eigenvalue weighted by molar-refractivity contribution is 1.34.